The van der Waals surface area contributed by atoms with Crippen LogP contribution in [0.2, 0.25) is 0 Å². The molecule has 2 aliphatic heterocycles. The molecule has 284 valence electrons. The number of aliphatic hydroxyl groups excluding tert-OH is 1. The van der Waals surface area contributed by atoms with Crippen molar-refractivity contribution >= 4 is 39.5 Å². The summed E-state index contributed by atoms with van der Waals surface area (Å²) in [5, 5.41) is 33.3. The predicted molar refractivity (Wildman–Crippen MR) is 195 cm³/mol. The first-order chi connectivity index (χ1) is 25.6. The minimum absolute atomic E-state index is 0.00535. The lowest BCUT2D eigenvalue weighted by molar-refractivity contribution is -0.182. The molecule has 0 spiro atoms. The van der Waals surface area contributed by atoms with E-state index in [4.69, 9.17) is 23.4 Å². The fraction of sp³-hybridized carbons (Fsp3) is 0.476. The standard InChI is InChI=1S/C24H32O6.C18H12O6/c1-13-9-16-17-6-8-24(29,20(28)12-30-14(2)25)23(17,4)11-19(27)21(16)22(3)7-5-15(26)10-18(13)22;1-21-11-7-12-13(8-5-6-22-18(8)24-12)17-15(11)16(20)14-9(19)3-2-4-10(14)23-17/h5,7,10,13,16-17,19,21,27,29H,6,8-9,11-12H2,1-4H3;2-8,18-19H,1H3/t13-,16-,17-,19-,21+,22-,23-,24-;/m0./s1. The van der Waals surface area contributed by atoms with E-state index in [0.717, 1.165) is 17.6 Å². The fourth-order valence-electron chi connectivity index (χ4n) is 10.9. The van der Waals surface area contributed by atoms with Crippen molar-refractivity contribution in [3.05, 3.63) is 76.2 Å². The first kappa shape index (κ1) is 36.1. The number of hydrogen-bond donors (Lipinski definition) is 3. The molecule has 0 amide bonds. The lowest BCUT2D eigenvalue weighted by Gasteiger charge is -2.60. The third kappa shape index (κ3) is 5.09. The minimum Gasteiger partial charge on any atom is -0.507 e. The quantitative estimate of drug-likeness (QED) is 0.230. The zero-order valence-corrected chi connectivity index (χ0v) is 30.8. The third-order valence-electron chi connectivity index (χ3n) is 13.3. The number of methoxy groups -OCH3 is 1. The van der Waals surface area contributed by atoms with Gasteiger partial charge < -0.3 is 38.7 Å². The summed E-state index contributed by atoms with van der Waals surface area (Å²) >= 11 is 0. The summed E-state index contributed by atoms with van der Waals surface area (Å²) in [4.78, 5) is 49.1. The normalized spacial score (nSPS) is 35.4. The van der Waals surface area contributed by atoms with Crippen LogP contribution in [-0.2, 0) is 23.9 Å². The number of hydrogen-bond acceptors (Lipinski definition) is 12. The maximum Gasteiger partial charge on any atom is 0.303 e. The second kappa shape index (κ2) is 12.6. The summed E-state index contributed by atoms with van der Waals surface area (Å²) in [6.07, 6.45) is 9.71. The molecule has 1 aromatic heterocycles. The molecule has 3 aromatic rings. The Morgan fingerprint density at radius 1 is 1.13 bits per heavy atom. The number of ether oxygens (including phenoxy) is 4. The summed E-state index contributed by atoms with van der Waals surface area (Å²) < 4.78 is 27.4. The number of carbonyl (C=O) groups is 3. The Hall–Kier alpha value is -4.94. The number of benzene rings is 2. The van der Waals surface area contributed by atoms with Crippen molar-refractivity contribution in [1.29, 1.82) is 0 Å². The van der Waals surface area contributed by atoms with Crippen LogP contribution in [0.5, 0.6) is 17.2 Å². The molecule has 0 radical (unpaired) electrons. The monoisotopic (exact) mass is 740 g/mol. The highest BCUT2D eigenvalue weighted by atomic mass is 16.7. The highest BCUT2D eigenvalue weighted by molar-refractivity contribution is 6.01. The molecular weight excluding hydrogens is 696 g/mol. The molecule has 12 nitrogen and oxygen atoms in total. The fourth-order valence-corrected chi connectivity index (χ4v) is 10.9. The molecule has 0 bridgehead atoms. The molecule has 3 fully saturated rings. The number of ketones is 2. The summed E-state index contributed by atoms with van der Waals surface area (Å²) in [5.74, 6) is -0.0706. The highest BCUT2D eigenvalue weighted by Crippen LogP contribution is 2.68. The van der Waals surface area contributed by atoms with Crippen molar-refractivity contribution in [2.45, 2.75) is 77.3 Å². The van der Waals surface area contributed by atoms with E-state index < -0.39 is 47.2 Å². The van der Waals surface area contributed by atoms with E-state index in [1.807, 2.05) is 19.1 Å². The SMILES string of the molecule is CC(=O)OCC(=O)[C@@]1(O)CC[C@H]2[C@@H]3C[C@H](C)C4=CC(=O)C=C[C@]4(C)[C@H]3[C@@H](O)C[C@@]21C.COc1cc2c(c3oc4cccc(O)c4c(=O)c13)C1C=COC1O2. The number of carbonyl (C=O) groups excluding carboxylic acids is 3. The van der Waals surface area contributed by atoms with E-state index in [0.29, 0.717) is 41.9 Å². The second-order valence-corrected chi connectivity index (χ2v) is 16.1. The smallest absolute Gasteiger partial charge is 0.303 e. The van der Waals surface area contributed by atoms with Gasteiger partial charge in [0, 0.05) is 29.7 Å². The maximum atomic E-state index is 13.0. The number of aliphatic hydroxyl groups is 2. The predicted octanol–water partition coefficient (Wildman–Crippen LogP) is 5.38. The molecule has 0 saturated heterocycles. The highest BCUT2D eigenvalue weighted by Gasteiger charge is 2.68. The Morgan fingerprint density at radius 3 is 2.65 bits per heavy atom. The number of allylic oxidation sites excluding steroid dienone is 4. The molecule has 2 unspecified atom stereocenters. The summed E-state index contributed by atoms with van der Waals surface area (Å²) in [7, 11) is 1.47. The van der Waals surface area contributed by atoms with Gasteiger partial charge in [-0.15, -0.1) is 0 Å². The van der Waals surface area contributed by atoms with Gasteiger partial charge in [-0.2, -0.15) is 0 Å². The van der Waals surface area contributed by atoms with E-state index in [9.17, 15) is 34.5 Å². The maximum absolute atomic E-state index is 13.0. The van der Waals surface area contributed by atoms with E-state index in [2.05, 4.69) is 13.8 Å². The number of esters is 1. The van der Waals surface area contributed by atoms with Crippen LogP contribution in [0.15, 0.2) is 69.6 Å². The number of fused-ring (bicyclic) bond motifs is 11. The molecule has 3 N–H and O–H groups in total. The average molecular weight is 741 g/mol. The van der Waals surface area contributed by atoms with Crippen molar-refractivity contribution < 1.29 is 53.1 Å². The van der Waals surface area contributed by atoms with Crippen LogP contribution in [-0.4, -0.2) is 64.6 Å². The van der Waals surface area contributed by atoms with E-state index >= 15 is 0 Å². The lowest BCUT2D eigenvalue weighted by atomic mass is 9.45. The topological polar surface area (TPSA) is 179 Å². The summed E-state index contributed by atoms with van der Waals surface area (Å²) in [6, 6.07) is 6.40. The van der Waals surface area contributed by atoms with E-state index in [1.165, 1.54) is 20.1 Å². The molecule has 6 aliphatic rings. The molecule has 3 heterocycles. The zero-order chi connectivity index (χ0) is 38.5. The number of phenolic OH excluding ortho intramolecular Hbond substituents is 1. The van der Waals surface area contributed by atoms with Gasteiger partial charge in [0.2, 0.25) is 11.2 Å². The first-order valence-corrected chi connectivity index (χ1v) is 18.4. The number of rotatable bonds is 4. The van der Waals surface area contributed by atoms with Gasteiger partial charge in [0.05, 0.1) is 31.0 Å². The molecule has 4 aliphatic carbocycles. The van der Waals surface area contributed by atoms with Gasteiger partial charge in [0.25, 0.3) is 6.29 Å². The Bertz CT molecular complexity index is 2270. The number of phenols is 1. The largest absolute Gasteiger partial charge is 0.507 e. The van der Waals surface area contributed by atoms with Gasteiger partial charge in [-0.05, 0) is 73.8 Å². The van der Waals surface area contributed by atoms with Crippen LogP contribution >= 0.6 is 0 Å². The zero-order valence-electron chi connectivity index (χ0n) is 30.8. The van der Waals surface area contributed by atoms with Gasteiger partial charge in [-0.1, -0.05) is 38.5 Å². The van der Waals surface area contributed by atoms with E-state index in [1.54, 1.807) is 36.6 Å². The van der Waals surface area contributed by atoms with Crippen molar-refractivity contribution in [2.75, 3.05) is 13.7 Å². The van der Waals surface area contributed by atoms with Gasteiger partial charge in [0.15, 0.2) is 12.4 Å². The van der Waals surface area contributed by atoms with Gasteiger partial charge in [-0.3, -0.25) is 19.2 Å². The molecule has 10 atom stereocenters. The number of aromatic hydroxyl groups is 1. The van der Waals surface area contributed by atoms with Crippen molar-refractivity contribution in [3.63, 3.8) is 0 Å². The second-order valence-electron chi connectivity index (χ2n) is 16.1. The minimum atomic E-state index is -1.61. The molecule has 12 heteroatoms. The number of Topliss-reactive ketones (excluding diaryl/α,β-unsaturated/α-hetero) is 1. The molecule has 54 heavy (non-hydrogen) atoms. The molecule has 2 aromatic carbocycles. The van der Waals surface area contributed by atoms with Crippen LogP contribution in [0.1, 0.15) is 64.9 Å². The molecule has 3 saturated carbocycles. The van der Waals surface area contributed by atoms with Crippen molar-refractivity contribution in [3.8, 4) is 17.2 Å². The molecule has 9 rings (SSSR count). The lowest BCUT2D eigenvalue weighted by Crippen LogP contribution is -2.62. The summed E-state index contributed by atoms with van der Waals surface area (Å²) in [5.41, 5.74) is -0.585. The summed E-state index contributed by atoms with van der Waals surface area (Å²) in [6.45, 7) is 6.94. The molecular formula is C42H44O12. The Balaban J connectivity index is 0.000000156. The van der Waals surface area contributed by atoms with Gasteiger partial charge in [-0.25, -0.2) is 0 Å². The Labute approximate surface area is 311 Å². The third-order valence-corrected chi connectivity index (χ3v) is 13.3. The van der Waals surface area contributed by atoms with Crippen molar-refractivity contribution in [1.82, 2.24) is 0 Å². The Kier molecular flexibility index (Phi) is 8.39. The Morgan fingerprint density at radius 2 is 1.91 bits per heavy atom. The van der Waals surface area contributed by atoms with Gasteiger partial charge >= 0.3 is 5.97 Å². The average Bonchev–Trinajstić information content (AvgIpc) is 3.79. The van der Waals surface area contributed by atoms with Crippen LogP contribution in [0.25, 0.3) is 21.9 Å². The van der Waals surface area contributed by atoms with Gasteiger partial charge in [0.1, 0.15) is 44.8 Å². The van der Waals surface area contributed by atoms with Crippen LogP contribution < -0.4 is 14.9 Å². The van der Waals surface area contributed by atoms with Crippen molar-refractivity contribution in [2.24, 2.45) is 34.5 Å². The van der Waals surface area contributed by atoms with Crippen LogP contribution in [0.4, 0.5) is 0 Å². The van der Waals surface area contributed by atoms with Crippen LogP contribution in [0.3, 0.4) is 0 Å². The first-order valence-electron chi connectivity index (χ1n) is 18.4. The van der Waals surface area contributed by atoms with Crippen LogP contribution in [0, 0.1) is 34.5 Å². The van der Waals surface area contributed by atoms with E-state index in [-0.39, 0.29) is 57.3 Å².